The maximum Gasteiger partial charge on any atom is 0.355 e. The molecule has 2 rings (SSSR count). The predicted molar refractivity (Wildman–Crippen MR) is 106 cm³/mol. The van der Waals surface area contributed by atoms with E-state index in [0.717, 1.165) is 31.5 Å². The molecule has 1 heterocycles. The van der Waals surface area contributed by atoms with Crippen molar-refractivity contribution in [1.29, 1.82) is 0 Å². The van der Waals surface area contributed by atoms with Gasteiger partial charge in [0.2, 0.25) is 0 Å². The Morgan fingerprint density at radius 1 is 1.04 bits per heavy atom. The van der Waals surface area contributed by atoms with E-state index in [2.05, 4.69) is 11.8 Å². The Bertz CT molecular complexity index is 688. The molecule has 0 radical (unpaired) electrons. The van der Waals surface area contributed by atoms with Crippen LogP contribution in [0.2, 0.25) is 5.02 Å². The fourth-order valence-corrected chi connectivity index (χ4v) is 3.27. The number of carbonyl (C=O) groups excluding carboxylic acids is 2. The molecule has 1 aromatic carbocycles. The number of methoxy groups -OCH3 is 2. The molecule has 148 valence electrons. The Kier molecular flexibility index (Phi) is 8.13. The maximum atomic E-state index is 12.5. The molecule has 0 saturated carbocycles. The van der Waals surface area contributed by atoms with E-state index in [1.807, 2.05) is 12.1 Å². The zero-order valence-corrected chi connectivity index (χ0v) is 16.9. The normalized spacial score (nSPS) is 15.0. The van der Waals surface area contributed by atoms with Crippen LogP contribution in [0.3, 0.4) is 0 Å². The summed E-state index contributed by atoms with van der Waals surface area (Å²) in [6, 6.07) is 7.15. The van der Waals surface area contributed by atoms with Crippen LogP contribution >= 0.6 is 11.6 Å². The molecule has 0 fully saturated rings. The molecular formula is C20H27ClN2O4. The van der Waals surface area contributed by atoms with Gasteiger partial charge in [0.25, 0.3) is 0 Å². The number of hydrogen-bond donors (Lipinski definition) is 0. The highest BCUT2D eigenvalue weighted by atomic mass is 35.5. The molecule has 0 unspecified atom stereocenters. The number of ether oxygens (including phenoxy) is 2. The van der Waals surface area contributed by atoms with Crippen LogP contribution in [0.15, 0.2) is 35.5 Å². The van der Waals surface area contributed by atoms with Crippen LogP contribution in [0.1, 0.15) is 32.6 Å². The van der Waals surface area contributed by atoms with Gasteiger partial charge in [-0.15, -0.1) is 0 Å². The van der Waals surface area contributed by atoms with Crippen LogP contribution in [0.5, 0.6) is 0 Å². The summed E-state index contributed by atoms with van der Waals surface area (Å²) >= 11 is 6.00. The molecule has 1 aliphatic rings. The average Bonchev–Trinajstić information content (AvgIpc) is 2.70. The standard InChI is InChI=1S/C20H27ClN2O4/c1-4-5-6-7-12-22-13-17(19(24)26-2)18(20(25)27-3)23(14-22)16-10-8-15(21)9-11-16/h8-11H,4-7,12-14H2,1-3H3. The molecule has 0 saturated heterocycles. The predicted octanol–water partition coefficient (Wildman–Crippen LogP) is 3.60. The Morgan fingerprint density at radius 2 is 1.70 bits per heavy atom. The van der Waals surface area contributed by atoms with E-state index in [1.165, 1.54) is 20.6 Å². The fraction of sp³-hybridized carbons (Fsp3) is 0.500. The van der Waals surface area contributed by atoms with Crippen molar-refractivity contribution in [3.8, 4) is 0 Å². The molecule has 0 amide bonds. The molecule has 0 atom stereocenters. The van der Waals surface area contributed by atoms with Crippen molar-refractivity contribution in [3.05, 3.63) is 40.6 Å². The minimum Gasteiger partial charge on any atom is -0.466 e. The molecule has 1 aliphatic heterocycles. The van der Waals surface area contributed by atoms with E-state index < -0.39 is 11.9 Å². The van der Waals surface area contributed by atoms with Gasteiger partial charge in [0.1, 0.15) is 5.70 Å². The lowest BCUT2D eigenvalue weighted by Crippen LogP contribution is -2.48. The van der Waals surface area contributed by atoms with Gasteiger partial charge >= 0.3 is 11.9 Å². The largest absolute Gasteiger partial charge is 0.466 e. The Labute approximate surface area is 165 Å². The van der Waals surface area contributed by atoms with Gasteiger partial charge in [-0.05, 0) is 30.7 Å². The third kappa shape index (κ3) is 5.47. The molecule has 6 nitrogen and oxygen atoms in total. The summed E-state index contributed by atoms with van der Waals surface area (Å²) in [5.41, 5.74) is 1.29. The smallest absolute Gasteiger partial charge is 0.355 e. The van der Waals surface area contributed by atoms with E-state index >= 15 is 0 Å². The quantitative estimate of drug-likeness (QED) is 0.496. The van der Waals surface area contributed by atoms with Gasteiger partial charge in [-0.2, -0.15) is 0 Å². The molecule has 0 aliphatic carbocycles. The first-order valence-electron chi connectivity index (χ1n) is 9.17. The Hall–Kier alpha value is -2.05. The lowest BCUT2D eigenvalue weighted by molar-refractivity contribution is -0.140. The van der Waals surface area contributed by atoms with Gasteiger partial charge in [-0.1, -0.05) is 37.8 Å². The van der Waals surface area contributed by atoms with Crippen LogP contribution in [-0.2, 0) is 19.1 Å². The molecule has 7 heteroatoms. The lowest BCUT2D eigenvalue weighted by Gasteiger charge is -2.38. The third-order valence-corrected chi connectivity index (χ3v) is 4.81. The number of benzene rings is 1. The summed E-state index contributed by atoms with van der Waals surface area (Å²) < 4.78 is 9.88. The second-order valence-corrected chi connectivity index (χ2v) is 6.91. The number of halogens is 1. The molecule has 1 aromatic rings. The highest BCUT2D eigenvalue weighted by molar-refractivity contribution is 6.30. The van der Waals surface area contributed by atoms with Crippen LogP contribution in [-0.4, -0.2) is 50.8 Å². The minimum atomic E-state index is -0.559. The summed E-state index contributed by atoms with van der Waals surface area (Å²) in [7, 11) is 2.62. The zero-order valence-electron chi connectivity index (χ0n) is 16.2. The van der Waals surface area contributed by atoms with Crippen molar-refractivity contribution in [2.24, 2.45) is 0 Å². The van der Waals surface area contributed by atoms with Gasteiger partial charge < -0.3 is 14.4 Å². The number of hydrogen-bond acceptors (Lipinski definition) is 6. The van der Waals surface area contributed by atoms with Crippen molar-refractivity contribution < 1.29 is 19.1 Å². The first-order chi connectivity index (χ1) is 13.0. The molecule has 0 aromatic heterocycles. The summed E-state index contributed by atoms with van der Waals surface area (Å²) in [5, 5.41) is 0.601. The topological polar surface area (TPSA) is 59.1 Å². The minimum absolute atomic E-state index is 0.219. The number of esters is 2. The summed E-state index contributed by atoms with van der Waals surface area (Å²) in [6.45, 7) is 3.84. The van der Waals surface area contributed by atoms with Crippen molar-refractivity contribution in [2.45, 2.75) is 32.6 Å². The number of carbonyl (C=O) groups is 2. The van der Waals surface area contributed by atoms with Crippen LogP contribution in [0.4, 0.5) is 5.69 Å². The number of anilines is 1. The van der Waals surface area contributed by atoms with Crippen molar-refractivity contribution >= 4 is 29.2 Å². The summed E-state index contributed by atoms with van der Waals surface area (Å²) in [6.07, 6.45) is 4.51. The van der Waals surface area contributed by atoms with Gasteiger partial charge in [0.05, 0.1) is 26.5 Å². The molecule has 0 N–H and O–H groups in total. The van der Waals surface area contributed by atoms with Crippen molar-refractivity contribution in [3.63, 3.8) is 0 Å². The molecule has 27 heavy (non-hydrogen) atoms. The lowest BCUT2D eigenvalue weighted by atomic mass is 10.1. The van der Waals surface area contributed by atoms with Crippen LogP contribution in [0.25, 0.3) is 0 Å². The van der Waals surface area contributed by atoms with Gasteiger partial charge in [0.15, 0.2) is 0 Å². The third-order valence-electron chi connectivity index (χ3n) is 4.56. The maximum absolute atomic E-state index is 12.5. The number of rotatable bonds is 8. The van der Waals surface area contributed by atoms with E-state index in [0.29, 0.717) is 23.8 Å². The number of unbranched alkanes of at least 4 members (excludes halogenated alkanes) is 3. The first-order valence-corrected chi connectivity index (χ1v) is 9.54. The van der Waals surface area contributed by atoms with Gasteiger partial charge in [-0.3, -0.25) is 4.90 Å². The van der Waals surface area contributed by atoms with E-state index in [-0.39, 0.29) is 5.70 Å². The van der Waals surface area contributed by atoms with Gasteiger partial charge in [0, 0.05) is 23.8 Å². The Balaban J connectivity index is 2.38. The summed E-state index contributed by atoms with van der Waals surface area (Å²) in [5.74, 6) is -1.08. The van der Waals surface area contributed by atoms with Crippen LogP contribution < -0.4 is 4.90 Å². The van der Waals surface area contributed by atoms with E-state index in [9.17, 15) is 9.59 Å². The van der Waals surface area contributed by atoms with Crippen molar-refractivity contribution in [2.75, 3.05) is 38.9 Å². The SMILES string of the molecule is CCCCCCN1CC(C(=O)OC)=C(C(=O)OC)N(c2ccc(Cl)cc2)C1. The van der Waals surface area contributed by atoms with E-state index in [4.69, 9.17) is 21.1 Å². The highest BCUT2D eigenvalue weighted by Gasteiger charge is 2.34. The summed E-state index contributed by atoms with van der Waals surface area (Å²) in [4.78, 5) is 28.8. The fourth-order valence-electron chi connectivity index (χ4n) is 3.14. The molecule has 0 bridgehead atoms. The molecule has 0 spiro atoms. The highest BCUT2D eigenvalue weighted by Crippen LogP contribution is 2.29. The second-order valence-electron chi connectivity index (χ2n) is 6.47. The van der Waals surface area contributed by atoms with Crippen LogP contribution in [0, 0.1) is 0 Å². The first kappa shape index (κ1) is 21.3. The second kappa shape index (κ2) is 10.3. The Morgan fingerprint density at radius 3 is 2.30 bits per heavy atom. The van der Waals surface area contributed by atoms with E-state index in [1.54, 1.807) is 17.0 Å². The van der Waals surface area contributed by atoms with Crippen molar-refractivity contribution in [1.82, 2.24) is 4.90 Å². The molecular weight excluding hydrogens is 368 g/mol. The zero-order chi connectivity index (χ0) is 19.8. The average molecular weight is 395 g/mol. The number of nitrogens with zero attached hydrogens (tertiary/aromatic N) is 2. The monoisotopic (exact) mass is 394 g/mol. The van der Waals surface area contributed by atoms with Gasteiger partial charge in [-0.25, -0.2) is 9.59 Å².